The first-order valence-electron chi connectivity index (χ1n) is 3.47. The molecule has 0 spiro atoms. The van der Waals surface area contributed by atoms with Crippen LogP contribution in [0.3, 0.4) is 0 Å². The summed E-state index contributed by atoms with van der Waals surface area (Å²) >= 11 is 6.10. The minimum Gasteiger partial charge on any atom is -0.258 e. The molecule has 0 aliphatic carbocycles. The van der Waals surface area contributed by atoms with Crippen molar-refractivity contribution in [3.05, 3.63) is 43.1 Å². The van der Waals surface area contributed by atoms with Crippen molar-refractivity contribution in [3.8, 4) is 0 Å². The summed E-state index contributed by atoms with van der Waals surface area (Å²) in [6.07, 6.45) is 1.42. The molecular weight excluding hydrogens is 321 g/mol. The Morgan fingerprint density at radius 2 is 2.14 bits per heavy atom. The van der Waals surface area contributed by atoms with Crippen molar-refractivity contribution in [1.29, 1.82) is 0 Å². The molecule has 1 rings (SSSR count). The van der Waals surface area contributed by atoms with E-state index in [9.17, 15) is 14.5 Å². The van der Waals surface area contributed by atoms with Crippen LogP contribution in [0.5, 0.6) is 0 Å². The summed E-state index contributed by atoms with van der Waals surface area (Å²) in [5.41, 5.74) is 0.0709. The van der Waals surface area contributed by atoms with Crippen LogP contribution in [0.2, 0.25) is 0 Å². The standard InChI is InChI=1S/C8H4Br2FNO2/c9-8(10)4-5-3-6(11)1-2-7(5)12(13)14/h1-4H. The lowest BCUT2D eigenvalue weighted by atomic mass is 10.2. The summed E-state index contributed by atoms with van der Waals surface area (Å²) in [6, 6.07) is 3.28. The van der Waals surface area contributed by atoms with Gasteiger partial charge in [-0.1, -0.05) is 0 Å². The Kier molecular flexibility index (Phi) is 3.77. The molecule has 0 N–H and O–H groups in total. The van der Waals surface area contributed by atoms with Gasteiger partial charge in [-0.15, -0.1) is 0 Å². The molecular formula is C8H4Br2FNO2. The van der Waals surface area contributed by atoms with E-state index in [0.717, 1.165) is 18.2 Å². The maximum absolute atomic E-state index is 12.8. The van der Waals surface area contributed by atoms with Crippen LogP contribution >= 0.6 is 31.9 Å². The Bertz CT molecular complexity index is 402. The van der Waals surface area contributed by atoms with Gasteiger partial charge in [-0.05, 0) is 50.1 Å². The van der Waals surface area contributed by atoms with E-state index in [1.807, 2.05) is 0 Å². The van der Waals surface area contributed by atoms with Crippen molar-refractivity contribution in [2.45, 2.75) is 0 Å². The average molecular weight is 325 g/mol. The molecule has 0 amide bonds. The molecule has 0 aliphatic rings. The number of nitro benzene ring substituents is 1. The summed E-state index contributed by atoms with van der Waals surface area (Å²) in [6.45, 7) is 0. The molecule has 0 atom stereocenters. The number of hydrogen-bond donors (Lipinski definition) is 0. The molecule has 6 heteroatoms. The van der Waals surface area contributed by atoms with Crippen LogP contribution in [-0.2, 0) is 0 Å². The zero-order valence-electron chi connectivity index (χ0n) is 6.71. The zero-order valence-corrected chi connectivity index (χ0v) is 9.88. The van der Waals surface area contributed by atoms with Crippen molar-refractivity contribution in [2.24, 2.45) is 0 Å². The second-order valence-electron chi connectivity index (χ2n) is 2.39. The predicted molar refractivity (Wildman–Crippen MR) is 58.9 cm³/mol. The molecule has 3 nitrogen and oxygen atoms in total. The summed E-state index contributed by atoms with van der Waals surface area (Å²) in [5.74, 6) is -0.511. The van der Waals surface area contributed by atoms with Crippen molar-refractivity contribution in [2.75, 3.05) is 0 Å². The van der Waals surface area contributed by atoms with E-state index in [1.165, 1.54) is 6.08 Å². The molecule has 0 unspecified atom stereocenters. The first-order chi connectivity index (χ1) is 6.50. The van der Waals surface area contributed by atoms with Gasteiger partial charge >= 0.3 is 0 Å². The van der Waals surface area contributed by atoms with Crippen molar-refractivity contribution in [3.63, 3.8) is 0 Å². The molecule has 74 valence electrons. The molecule has 14 heavy (non-hydrogen) atoms. The first kappa shape index (κ1) is 11.3. The smallest absolute Gasteiger partial charge is 0.258 e. The molecule has 0 radical (unpaired) electrons. The van der Waals surface area contributed by atoms with Crippen molar-refractivity contribution in [1.82, 2.24) is 0 Å². The van der Waals surface area contributed by atoms with Crippen LogP contribution < -0.4 is 0 Å². The number of nitrogens with zero attached hydrogens (tertiary/aromatic N) is 1. The second-order valence-corrected chi connectivity index (χ2v) is 5.17. The summed E-state index contributed by atoms with van der Waals surface area (Å²) < 4.78 is 13.3. The largest absolute Gasteiger partial charge is 0.276 e. The van der Waals surface area contributed by atoms with Crippen LogP contribution in [0.25, 0.3) is 6.08 Å². The highest BCUT2D eigenvalue weighted by molar-refractivity contribution is 9.28. The molecule has 0 saturated carbocycles. The van der Waals surface area contributed by atoms with Gasteiger partial charge in [-0.25, -0.2) is 4.39 Å². The van der Waals surface area contributed by atoms with Gasteiger partial charge in [0.1, 0.15) is 5.82 Å². The maximum Gasteiger partial charge on any atom is 0.276 e. The number of nitro groups is 1. The average Bonchev–Trinajstić information content (AvgIpc) is 2.01. The van der Waals surface area contributed by atoms with Gasteiger partial charge in [0.05, 0.1) is 13.9 Å². The van der Waals surface area contributed by atoms with Gasteiger partial charge in [-0.3, -0.25) is 10.1 Å². The number of hydrogen-bond acceptors (Lipinski definition) is 2. The Morgan fingerprint density at radius 1 is 1.50 bits per heavy atom. The van der Waals surface area contributed by atoms with E-state index in [1.54, 1.807) is 0 Å². The topological polar surface area (TPSA) is 43.1 Å². The number of rotatable bonds is 2. The predicted octanol–water partition coefficient (Wildman–Crippen LogP) is 3.82. The lowest BCUT2D eigenvalue weighted by Gasteiger charge is -1.97. The van der Waals surface area contributed by atoms with E-state index in [2.05, 4.69) is 31.9 Å². The molecule has 0 aliphatic heterocycles. The van der Waals surface area contributed by atoms with Crippen LogP contribution in [0.15, 0.2) is 21.6 Å². The third-order valence-corrected chi connectivity index (χ3v) is 1.91. The first-order valence-corrected chi connectivity index (χ1v) is 5.06. The Balaban J connectivity index is 3.30. The van der Waals surface area contributed by atoms with Crippen LogP contribution in [-0.4, -0.2) is 4.92 Å². The quantitative estimate of drug-likeness (QED) is 0.613. The molecule has 1 aromatic carbocycles. The highest BCUT2D eigenvalue weighted by Crippen LogP contribution is 2.25. The third kappa shape index (κ3) is 2.88. The van der Waals surface area contributed by atoms with E-state index < -0.39 is 10.7 Å². The van der Waals surface area contributed by atoms with E-state index in [4.69, 9.17) is 0 Å². The summed E-state index contributed by atoms with van der Waals surface area (Å²) in [7, 11) is 0. The van der Waals surface area contributed by atoms with E-state index in [-0.39, 0.29) is 11.3 Å². The molecule has 1 aromatic rings. The van der Waals surface area contributed by atoms with Crippen molar-refractivity contribution < 1.29 is 9.31 Å². The molecule has 0 fully saturated rings. The second kappa shape index (κ2) is 4.65. The molecule has 0 bridgehead atoms. The third-order valence-electron chi connectivity index (χ3n) is 1.45. The SMILES string of the molecule is O=[N+]([O-])c1ccc(F)cc1C=C(Br)Br. The number of halogens is 3. The van der Waals surface area contributed by atoms with Gasteiger partial charge in [-0.2, -0.15) is 0 Å². The highest BCUT2D eigenvalue weighted by Gasteiger charge is 2.12. The fourth-order valence-corrected chi connectivity index (χ4v) is 1.42. The lowest BCUT2D eigenvalue weighted by molar-refractivity contribution is -0.385. The van der Waals surface area contributed by atoms with Crippen molar-refractivity contribution >= 4 is 43.6 Å². The zero-order chi connectivity index (χ0) is 10.7. The van der Waals surface area contributed by atoms with Gasteiger partial charge in [0.15, 0.2) is 0 Å². The van der Waals surface area contributed by atoms with Crippen LogP contribution in [0.4, 0.5) is 10.1 Å². The molecule has 0 saturated heterocycles. The normalized spacial score (nSPS) is 9.64. The molecule has 0 heterocycles. The summed E-state index contributed by atoms with van der Waals surface area (Å²) in [4.78, 5) is 9.98. The number of benzene rings is 1. The minimum atomic E-state index is -0.561. The van der Waals surface area contributed by atoms with Crippen LogP contribution in [0.1, 0.15) is 5.56 Å². The van der Waals surface area contributed by atoms with Gasteiger partial charge in [0.2, 0.25) is 0 Å². The summed E-state index contributed by atoms with van der Waals surface area (Å²) in [5, 5.41) is 10.5. The van der Waals surface area contributed by atoms with Gasteiger partial charge in [0.25, 0.3) is 5.69 Å². The van der Waals surface area contributed by atoms with E-state index in [0.29, 0.717) is 3.39 Å². The van der Waals surface area contributed by atoms with Crippen LogP contribution in [0, 0.1) is 15.9 Å². The Labute approximate surface area is 96.0 Å². The minimum absolute atomic E-state index is 0.136. The maximum atomic E-state index is 12.8. The highest BCUT2D eigenvalue weighted by atomic mass is 79.9. The fourth-order valence-electron chi connectivity index (χ4n) is 0.925. The molecule has 0 aromatic heterocycles. The van der Waals surface area contributed by atoms with E-state index >= 15 is 0 Å². The fraction of sp³-hybridized carbons (Fsp3) is 0. The van der Waals surface area contributed by atoms with Gasteiger partial charge in [0, 0.05) is 6.07 Å². The van der Waals surface area contributed by atoms with Gasteiger partial charge < -0.3 is 0 Å². The monoisotopic (exact) mass is 323 g/mol. The Hall–Kier alpha value is -0.750. The Morgan fingerprint density at radius 3 is 2.64 bits per heavy atom. The lowest BCUT2D eigenvalue weighted by Crippen LogP contribution is -1.92.